The molecule has 2 N–H and O–H groups in total. The molecule has 0 spiro atoms. The number of anilines is 1. The van der Waals surface area contributed by atoms with Crippen LogP contribution in [0.4, 0.5) is 5.95 Å². The smallest absolute Gasteiger partial charge is 0.244 e. The first kappa shape index (κ1) is 12.4. The number of para-hydroxylation sites is 1. The van der Waals surface area contributed by atoms with Crippen molar-refractivity contribution in [1.82, 2.24) is 14.5 Å². The first-order chi connectivity index (χ1) is 8.43. The van der Waals surface area contributed by atoms with Gasteiger partial charge in [0.05, 0.1) is 11.0 Å². The Morgan fingerprint density at radius 1 is 1.44 bits per heavy atom. The van der Waals surface area contributed by atoms with Crippen molar-refractivity contribution in [1.29, 1.82) is 0 Å². The van der Waals surface area contributed by atoms with Crippen molar-refractivity contribution in [2.75, 3.05) is 19.8 Å². The van der Waals surface area contributed by atoms with Crippen LogP contribution in [0.25, 0.3) is 11.0 Å². The Kier molecular flexibility index (Phi) is 2.98. The fraction of sp³-hybridized carbons (Fsp3) is 0.385. The summed E-state index contributed by atoms with van der Waals surface area (Å²) in [5, 5.41) is 0. The topological polar surface area (TPSA) is 64.1 Å². The van der Waals surface area contributed by atoms with Gasteiger partial charge in [-0.05, 0) is 25.5 Å². The van der Waals surface area contributed by atoms with Gasteiger partial charge in [0.15, 0.2) is 0 Å². The number of carbonyl (C=O) groups excluding carboxylic acids is 1. The van der Waals surface area contributed by atoms with Crippen LogP contribution in [0.3, 0.4) is 0 Å². The number of fused-ring (bicyclic) bond motifs is 1. The summed E-state index contributed by atoms with van der Waals surface area (Å²) >= 11 is 0. The Labute approximate surface area is 106 Å². The Balaban J connectivity index is 2.61. The third-order valence-electron chi connectivity index (χ3n) is 3.13. The van der Waals surface area contributed by atoms with Gasteiger partial charge in [-0.1, -0.05) is 12.1 Å². The van der Waals surface area contributed by atoms with Gasteiger partial charge in [0.2, 0.25) is 11.9 Å². The predicted molar refractivity (Wildman–Crippen MR) is 72.3 cm³/mol. The summed E-state index contributed by atoms with van der Waals surface area (Å²) in [5.74, 6) is 0.379. The number of amides is 1. The number of hydrogen-bond acceptors (Lipinski definition) is 3. The van der Waals surface area contributed by atoms with E-state index in [1.807, 2.05) is 32.0 Å². The molecule has 1 heterocycles. The second-order valence-electron chi connectivity index (χ2n) is 4.69. The summed E-state index contributed by atoms with van der Waals surface area (Å²) in [5.41, 5.74) is 8.75. The molecule has 1 aromatic carbocycles. The van der Waals surface area contributed by atoms with Gasteiger partial charge in [-0.2, -0.15) is 0 Å². The SMILES string of the molecule is Cc1cccc2c1nc(N)n2C(C)C(=O)N(C)C. The highest BCUT2D eigenvalue weighted by atomic mass is 16.2. The Morgan fingerprint density at radius 3 is 2.72 bits per heavy atom. The summed E-state index contributed by atoms with van der Waals surface area (Å²) in [6, 6.07) is 5.51. The van der Waals surface area contributed by atoms with Gasteiger partial charge in [-0.3, -0.25) is 9.36 Å². The summed E-state index contributed by atoms with van der Waals surface area (Å²) in [6.45, 7) is 3.82. The van der Waals surface area contributed by atoms with Gasteiger partial charge in [0.25, 0.3) is 0 Å². The second kappa shape index (κ2) is 4.33. The molecule has 1 unspecified atom stereocenters. The van der Waals surface area contributed by atoms with Crippen LogP contribution >= 0.6 is 0 Å². The van der Waals surface area contributed by atoms with Crippen molar-refractivity contribution >= 4 is 22.9 Å². The minimum Gasteiger partial charge on any atom is -0.369 e. The highest BCUT2D eigenvalue weighted by Gasteiger charge is 2.21. The summed E-state index contributed by atoms with van der Waals surface area (Å²) in [4.78, 5) is 18.0. The molecule has 0 aliphatic rings. The van der Waals surface area contributed by atoms with Crippen molar-refractivity contribution in [3.05, 3.63) is 23.8 Å². The Hall–Kier alpha value is -2.04. The van der Waals surface area contributed by atoms with Crippen LogP contribution in [0, 0.1) is 6.92 Å². The van der Waals surface area contributed by atoms with Crippen molar-refractivity contribution in [2.24, 2.45) is 0 Å². The zero-order valence-electron chi connectivity index (χ0n) is 11.1. The van der Waals surface area contributed by atoms with Crippen LogP contribution < -0.4 is 5.73 Å². The Morgan fingerprint density at radius 2 is 2.11 bits per heavy atom. The number of nitrogens with two attached hydrogens (primary N) is 1. The molecule has 2 aromatic rings. The molecule has 0 radical (unpaired) electrons. The molecule has 0 fully saturated rings. The maximum absolute atomic E-state index is 12.0. The number of nitrogen functional groups attached to an aromatic ring is 1. The molecule has 1 aromatic heterocycles. The molecular formula is C13H18N4O. The normalized spacial score (nSPS) is 12.7. The molecule has 96 valence electrons. The number of imidazole rings is 1. The van der Waals surface area contributed by atoms with E-state index in [1.54, 1.807) is 23.6 Å². The van der Waals surface area contributed by atoms with Gasteiger partial charge in [-0.25, -0.2) is 4.98 Å². The lowest BCUT2D eigenvalue weighted by Gasteiger charge is -2.19. The fourth-order valence-electron chi connectivity index (χ4n) is 2.17. The van der Waals surface area contributed by atoms with Gasteiger partial charge in [0, 0.05) is 14.1 Å². The highest BCUT2D eigenvalue weighted by Crippen LogP contribution is 2.25. The maximum Gasteiger partial charge on any atom is 0.244 e. The lowest BCUT2D eigenvalue weighted by molar-refractivity contribution is -0.131. The number of hydrogen-bond donors (Lipinski definition) is 1. The van der Waals surface area contributed by atoms with Gasteiger partial charge < -0.3 is 10.6 Å². The summed E-state index contributed by atoms with van der Waals surface area (Å²) in [7, 11) is 3.47. The van der Waals surface area contributed by atoms with E-state index in [4.69, 9.17) is 5.73 Å². The van der Waals surface area contributed by atoms with E-state index < -0.39 is 0 Å². The van der Waals surface area contributed by atoms with Crippen LogP contribution in [-0.4, -0.2) is 34.5 Å². The van der Waals surface area contributed by atoms with Gasteiger partial charge >= 0.3 is 0 Å². The molecule has 0 saturated carbocycles. The second-order valence-corrected chi connectivity index (χ2v) is 4.69. The first-order valence-electron chi connectivity index (χ1n) is 5.87. The van der Waals surface area contributed by atoms with Gasteiger partial charge in [0.1, 0.15) is 6.04 Å². The highest BCUT2D eigenvalue weighted by molar-refractivity contribution is 5.86. The minimum absolute atomic E-state index is 0.00232. The van der Waals surface area contributed by atoms with Crippen LogP contribution in [-0.2, 0) is 4.79 Å². The van der Waals surface area contributed by atoms with Crippen LogP contribution in [0.5, 0.6) is 0 Å². The largest absolute Gasteiger partial charge is 0.369 e. The number of aryl methyl sites for hydroxylation is 1. The van der Waals surface area contributed by atoms with E-state index in [0.717, 1.165) is 16.6 Å². The molecule has 5 nitrogen and oxygen atoms in total. The third-order valence-corrected chi connectivity index (χ3v) is 3.13. The summed E-state index contributed by atoms with van der Waals surface area (Å²) in [6.07, 6.45) is 0. The standard InChI is InChI=1S/C13H18N4O/c1-8-6-5-7-10-11(8)15-13(14)17(10)9(2)12(18)16(3)4/h5-7,9H,1-4H3,(H2,14,15). The number of nitrogens with zero attached hydrogens (tertiary/aromatic N) is 3. The number of aromatic nitrogens is 2. The zero-order chi connectivity index (χ0) is 13.4. The Bertz CT molecular complexity index is 600. The lowest BCUT2D eigenvalue weighted by atomic mass is 10.2. The van der Waals surface area contributed by atoms with E-state index in [-0.39, 0.29) is 11.9 Å². The number of carbonyl (C=O) groups is 1. The molecular weight excluding hydrogens is 228 g/mol. The number of likely N-dealkylation sites (N-methyl/N-ethyl adjacent to an activating group) is 1. The fourth-order valence-corrected chi connectivity index (χ4v) is 2.17. The van der Waals surface area contributed by atoms with Crippen molar-refractivity contribution < 1.29 is 4.79 Å². The number of benzene rings is 1. The van der Waals surface area contributed by atoms with E-state index in [1.165, 1.54) is 0 Å². The van der Waals surface area contributed by atoms with Crippen LogP contribution in [0.15, 0.2) is 18.2 Å². The number of rotatable bonds is 2. The monoisotopic (exact) mass is 246 g/mol. The quantitative estimate of drug-likeness (QED) is 0.875. The molecule has 1 amide bonds. The molecule has 0 bridgehead atoms. The third kappa shape index (κ3) is 1.81. The predicted octanol–water partition coefficient (Wildman–Crippen LogP) is 1.58. The molecule has 0 aliphatic carbocycles. The average molecular weight is 246 g/mol. The minimum atomic E-state index is -0.355. The van der Waals surface area contributed by atoms with E-state index >= 15 is 0 Å². The van der Waals surface area contributed by atoms with Crippen molar-refractivity contribution in [3.8, 4) is 0 Å². The van der Waals surface area contributed by atoms with E-state index in [2.05, 4.69) is 4.98 Å². The van der Waals surface area contributed by atoms with E-state index in [9.17, 15) is 4.79 Å². The first-order valence-corrected chi connectivity index (χ1v) is 5.87. The molecule has 0 aliphatic heterocycles. The molecule has 5 heteroatoms. The van der Waals surface area contributed by atoms with Crippen LogP contribution in [0.1, 0.15) is 18.5 Å². The zero-order valence-corrected chi connectivity index (χ0v) is 11.1. The molecule has 1 atom stereocenters. The van der Waals surface area contributed by atoms with Gasteiger partial charge in [-0.15, -0.1) is 0 Å². The lowest BCUT2D eigenvalue weighted by Crippen LogP contribution is -2.30. The van der Waals surface area contributed by atoms with Crippen molar-refractivity contribution in [2.45, 2.75) is 19.9 Å². The summed E-state index contributed by atoms with van der Waals surface area (Å²) < 4.78 is 1.78. The average Bonchev–Trinajstić information content (AvgIpc) is 2.65. The molecule has 18 heavy (non-hydrogen) atoms. The molecule has 2 rings (SSSR count). The van der Waals surface area contributed by atoms with Crippen LogP contribution in [0.2, 0.25) is 0 Å². The molecule has 0 saturated heterocycles. The van der Waals surface area contributed by atoms with E-state index in [0.29, 0.717) is 5.95 Å². The maximum atomic E-state index is 12.0. The van der Waals surface area contributed by atoms with Crippen molar-refractivity contribution in [3.63, 3.8) is 0 Å².